The van der Waals surface area contributed by atoms with Crippen LogP contribution in [-0.4, -0.2) is 31.6 Å². The molecule has 0 amide bonds. The van der Waals surface area contributed by atoms with E-state index in [9.17, 15) is 0 Å². The Kier molecular flexibility index (Phi) is 6.93. The standard InChI is InChI=1S/C17H23NO4/c1-14-4-6-17(7-5-14)21-9-3-8-19-10-11-20-13-16-12-15(2)22-18-16/h4-7,12H,3,8-11,13H2,1-2H3. The lowest BCUT2D eigenvalue weighted by Crippen LogP contribution is -2.08. The fraction of sp³-hybridized carbons (Fsp3) is 0.471. The third-order valence-electron chi connectivity index (χ3n) is 3.02. The van der Waals surface area contributed by atoms with Crippen molar-refractivity contribution in [2.45, 2.75) is 26.9 Å². The predicted molar refractivity (Wildman–Crippen MR) is 83.0 cm³/mol. The molecular formula is C17H23NO4. The van der Waals surface area contributed by atoms with Crippen molar-refractivity contribution in [3.05, 3.63) is 47.3 Å². The third-order valence-corrected chi connectivity index (χ3v) is 3.02. The van der Waals surface area contributed by atoms with Gasteiger partial charge in [0.15, 0.2) is 0 Å². The molecule has 5 heteroatoms. The Morgan fingerprint density at radius 2 is 1.73 bits per heavy atom. The van der Waals surface area contributed by atoms with E-state index in [1.165, 1.54) is 5.56 Å². The normalized spacial score (nSPS) is 10.8. The molecule has 0 radical (unpaired) electrons. The van der Waals surface area contributed by atoms with Crippen LogP contribution in [0.15, 0.2) is 34.9 Å². The van der Waals surface area contributed by atoms with Crippen LogP contribution in [0.25, 0.3) is 0 Å². The van der Waals surface area contributed by atoms with Crippen LogP contribution in [0.1, 0.15) is 23.4 Å². The van der Waals surface area contributed by atoms with Gasteiger partial charge < -0.3 is 18.7 Å². The molecule has 0 aliphatic rings. The van der Waals surface area contributed by atoms with Gasteiger partial charge in [-0.25, -0.2) is 0 Å². The molecule has 0 aliphatic carbocycles. The van der Waals surface area contributed by atoms with Gasteiger partial charge in [-0.3, -0.25) is 0 Å². The highest BCUT2D eigenvalue weighted by atomic mass is 16.5. The monoisotopic (exact) mass is 305 g/mol. The van der Waals surface area contributed by atoms with Crippen molar-refractivity contribution in [1.29, 1.82) is 0 Å². The van der Waals surface area contributed by atoms with Crippen LogP contribution >= 0.6 is 0 Å². The summed E-state index contributed by atoms with van der Waals surface area (Å²) < 4.78 is 21.5. The van der Waals surface area contributed by atoms with Crippen LogP contribution in [0.3, 0.4) is 0 Å². The van der Waals surface area contributed by atoms with Crippen LogP contribution in [0.5, 0.6) is 5.75 Å². The molecule has 22 heavy (non-hydrogen) atoms. The van der Waals surface area contributed by atoms with E-state index in [2.05, 4.69) is 12.1 Å². The molecule has 0 bridgehead atoms. The van der Waals surface area contributed by atoms with Gasteiger partial charge in [0.25, 0.3) is 0 Å². The zero-order chi connectivity index (χ0) is 15.6. The second-order valence-corrected chi connectivity index (χ2v) is 5.11. The first-order chi connectivity index (χ1) is 10.7. The lowest BCUT2D eigenvalue weighted by atomic mass is 10.2. The molecule has 0 N–H and O–H groups in total. The van der Waals surface area contributed by atoms with Crippen LogP contribution in [0.4, 0.5) is 0 Å². The highest BCUT2D eigenvalue weighted by Gasteiger charge is 2.00. The highest BCUT2D eigenvalue weighted by Crippen LogP contribution is 2.11. The molecule has 0 fully saturated rings. The molecule has 5 nitrogen and oxygen atoms in total. The van der Waals surface area contributed by atoms with Crippen molar-refractivity contribution < 1.29 is 18.7 Å². The molecular weight excluding hydrogens is 282 g/mol. The highest BCUT2D eigenvalue weighted by molar-refractivity contribution is 5.26. The Labute approximate surface area is 131 Å². The van der Waals surface area contributed by atoms with Crippen molar-refractivity contribution in [2.24, 2.45) is 0 Å². The van der Waals surface area contributed by atoms with Crippen LogP contribution in [0.2, 0.25) is 0 Å². The summed E-state index contributed by atoms with van der Waals surface area (Å²) in [5, 5.41) is 3.85. The Bertz CT molecular complexity index is 536. The van der Waals surface area contributed by atoms with Gasteiger partial charge >= 0.3 is 0 Å². The molecule has 0 atom stereocenters. The molecule has 1 aromatic heterocycles. The van der Waals surface area contributed by atoms with Crippen LogP contribution in [0, 0.1) is 13.8 Å². The fourth-order valence-corrected chi connectivity index (χ4v) is 1.87. The lowest BCUT2D eigenvalue weighted by molar-refractivity contribution is 0.0351. The number of ether oxygens (including phenoxy) is 3. The van der Waals surface area contributed by atoms with E-state index in [1.807, 2.05) is 37.3 Å². The van der Waals surface area contributed by atoms with Crippen LogP contribution in [-0.2, 0) is 16.1 Å². The molecule has 1 heterocycles. The minimum Gasteiger partial charge on any atom is -0.494 e. The van der Waals surface area contributed by atoms with Crippen LogP contribution < -0.4 is 4.74 Å². The largest absolute Gasteiger partial charge is 0.494 e. The summed E-state index contributed by atoms with van der Waals surface area (Å²) in [6.07, 6.45) is 0.857. The molecule has 120 valence electrons. The zero-order valence-corrected chi connectivity index (χ0v) is 13.2. The molecule has 2 aromatic rings. The Morgan fingerprint density at radius 3 is 2.45 bits per heavy atom. The average Bonchev–Trinajstić information content (AvgIpc) is 2.93. The van der Waals surface area contributed by atoms with E-state index in [0.29, 0.717) is 33.0 Å². The Morgan fingerprint density at radius 1 is 0.955 bits per heavy atom. The second kappa shape index (κ2) is 9.23. The Hall–Kier alpha value is -1.85. The first kappa shape index (κ1) is 16.5. The summed E-state index contributed by atoms with van der Waals surface area (Å²) in [6.45, 7) is 6.81. The quantitative estimate of drug-likeness (QED) is 0.630. The smallest absolute Gasteiger partial charge is 0.134 e. The van der Waals surface area contributed by atoms with Crippen molar-refractivity contribution in [1.82, 2.24) is 5.16 Å². The fourth-order valence-electron chi connectivity index (χ4n) is 1.87. The molecule has 2 rings (SSSR count). The van der Waals surface area contributed by atoms with Gasteiger partial charge in [0.05, 0.1) is 26.4 Å². The van der Waals surface area contributed by atoms with Gasteiger partial charge in [-0.05, 0) is 26.0 Å². The van der Waals surface area contributed by atoms with E-state index < -0.39 is 0 Å². The zero-order valence-electron chi connectivity index (χ0n) is 13.2. The van der Waals surface area contributed by atoms with E-state index >= 15 is 0 Å². The molecule has 0 spiro atoms. The number of aryl methyl sites for hydroxylation is 2. The van der Waals surface area contributed by atoms with Gasteiger partial charge in [0.2, 0.25) is 0 Å². The molecule has 0 unspecified atom stereocenters. The van der Waals surface area contributed by atoms with Gasteiger partial charge in [0.1, 0.15) is 17.2 Å². The Balaban J connectivity index is 1.42. The topological polar surface area (TPSA) is 53.7 Å². The SMILES string of the molecule is Cc1ccc(OCCCOCCOCc2cc(C)on2)cc1. The number of hydrogen-bond acceptors (Lipinski definition) is 5. The lowest BCUT2D eigenvalue weighted by Gasteiger charge is -2.07. The third kappa shape index (κ3) is 6.28. The number of benzene rings is 1. The second-order valence-electron chi connectivity index (χ2n) is 5.11. The maximum atomic E-state index is 5.62. The summed E-state index contributed by atoms with van der Waals surface area (Å²) in [4.78, 5) is 0. The van der Waals surface area contributed by atoms with E-state index in [-0.39, 0.29) is 0 Å². The summed E-state index contributed by atoms with van der Waals surface area (Å²) in [6, 6.07) is 9.91. The molecule has 1 aromatic carbocycles. The summed E-state index contributed by atoms with van der Waals surface area (Å²) in [7, 11) is 0. The van der Waals surface area contributed by atoms with Crippen molar-refractivity contribution in [2.75, 3.05) is 26.4 Å². The van der Waals surface area contributed by atoms with Gasteiger partial charge in [-0.1, -0.05) is 22.9 Å². The minimum atomic E-state index is 0.456. The molecule has 0 saturated heterocycles. The molecule has 0 aliphatic heterocycles. The maximum Gasteiger partial charge on any atom is 0.134 e. The van der Waals surface area contributed by atoms with Gasteiger partial charge in [0, 0.05) is 19.1 Å². The number of rotatable bonds is 10. The maximum absolute atomic E-state index is 5.62. The summed E-state index contributed by atoms with van der Waals surface area (Å²) >= 11 is 0. The summed E-state index contributed by atoms with van der Waals surface area (Å²) in [5.41, 5.74) is 2.04. The van der Waals surface area contributed by atoms with E-state index in [0.717, 1.165) is 23.6 Å². The van der Waals surface area contributed by atoms with E-state index in [1.54, 1.807) is 0 Å². The van der Waals surface area contributed by atoms with Crippen molar-refractivity contribution in [3.8, 4) is 5.75 Å². The molecule has 0 saturated carbocycles. The van der Waals surface area contributed by atoms with Gasteiger partial charge in [-0.2, -0.15) is 0 Å². The van der Waals surface area contributed by atoms with Crippen molar-refractivity contribution in [3.63, 3.8) is 0 Å². The minimum absolute atomic E-state index is 0.456. The first-order valence-corrected chi connectivity index (χ1v) is 7.51. The number of hydrogen-bond donors (Lipinski definition) is 0. The number of nitrogens with zero attached hydrogens (tertiary/aromatic N) is 1. The van der Waals surface area contributed by atoms with E-state index in [4.69, 9.17) is 18.7 Å². The predicted octanol–water partition coefficient (Wildman–Crippen LogP) is 3.29. The summed E-state index contributed by atoms with van der Waals surface area (Å²) in [5.74, 6) is 1.69. The van der Waals surface area contributed by atoms with Crippen molar-refractivity contribution >= 4 is 0 Å². The first-order valence-electron chi connectivity index (χ1n) is 7.51. The van der Waals surface area contributed by atoms with Gasteiger partial charge in [-0.15, -0.1) is 0 Å². The number of aromatic nitrogens is 1. The average molecular weight is 305 g/mol.